The van der Waals surface area contributed by atoms with Gasteiger partial charge >= 0.3 is 5.97 Å². The van der Waals surface area contributed by atoms with E-state index in [1.54, 1.807) is 30.4 Å². The van der Waals surface area contributed by atoms with Crippen molar-refractivity contribution in [3.63, 3.8) is 0 Å². The Labute approximate surface area is 138 Å². The molecule has 2 aromatic rings. The number of amides is 1. The van der Waals surface area contributed by atoms with Crippen LogP contribution in [0.1, 0.15) is 33.6 Å². The fourth-order valence-electron chi connectivity index (χ4n) is 2.73. The van der Waals surface area contributed by atoms with Crippen LogP contribution in [-0.4, -0.2) is 58.0 Å². The monoisotopic (exact) mass is 330 g/mol. The lowest BCUT2D eigenvalue weighted by atomic mass is 10.2. The van der Waals surface area contributed by atoms with E-state index in [9.17, 15) is 9.59 Å². The number of aryl methyl sites for hydroxylation is 1. The smallest absolute Gasteiger partial charge is 0.339 e. The minimum atomic E-state index is -1.08. The first-order valence-electron chi connectivity index (χ1n) is 7.76. The second-order valence-corrected chi connectivity index (χ2v) is 5.45. The van der Waals surface area contributed by atoms with Gasteiger partial charge in [0.2, 0.25) is 0 Å². The van der Waals surface area contributed by atoms with Gasteiger partial charge in [0.25, 0.3) is 5.91 Å². The van der Waals surface area contributed by atoms with E-state index >= 15 is 0 Å². The van der Waals surface area contributed by atoms with E-state index in [0.29, 0.717) is 38.4 Å². The average Bonchev–Trinajstić information content (AvgIpc) is 3.07. The highest BCUT2D eigenvalue weighted by Gasteiger charge is 2.27. The van der Waals surface area contributed by atoms with E-state index in [1.165, 1.54) is 6.07 Å². The summed E-state index contributed by atoms with van der Waals surface area (Å²) in [6.07, 6.45) is 5.37. The third kappa shape index (κ3) is 3.08. The molecule has 0 radical (unpaired) electrons. The van der Waals surface area contributed by atoms with E-state index < -0.39 is 5.97 Å². The van der Waals surface area contributed by atoms with E-state index in [4.69, 9.17) is 9.52 Å². The van der Waals surface area contributed by atoms with Gasteiger partial charge in [0.15, 0.2) is 5.76 Å². The number of anilines is 1. The molecular weight excluding hydrogens is 312 g/mol. The number of furan rings is 1. The number of carbonyl (C=O) groups is 2. The van der Waals surface area contributed by atoms with Crippen LogP contribution >= 0.6 is 0 Å². The largest absolute Gasteiger partial charge is 0.478 e. The van der Waals surface area contributed by atoms with Crippen LogP contribution in [0.4, 0.5) is 5.82 Å². The molecule has 1 aliphatic heterocycles. The van der Waals surface area contributed by atoms with Crippen molar-refractivity contribution in [2.45, 2.75) is 13.3 Å². The van der Waals surface area contributed by atoms with Gasteiger partial charge in [0.1, 0.15) is 17.1 Å². The molecule has 126 valence electrons. The third-order valence-corrected chi connectivity index (χ3v) is 4.01. The molecule has 1 N–H and O–H groups in total. The molecule has 0 saturated carbocycles. The third-order valence-electron chi connectivity index (χ3n) is 4.01. The molecule has 2 aromatic heterocycles. The summed E-state index contributed by atoms with van der Waals surface area (Å²) in [6, 6.07) is 1.32. The second-order valence-electron chi connectivity index (χ2n) is 5.45. The quantitative estimate of drug-likeness (QED) is 0.901. The van der Waals surface area contributed by atoms with Gasteiger partial charge in [-0.1, -0.05) is 6.92 Å². The fraction of sp³-hybridized carbons (Fsp3) is 0.375. The topological polar surface area (TPSA) is 99.8 Å². The Morgan fingerprint density at radius 1 is 1.25 bits per heavy atom. The molecule has 8 nitrogen and oxygen atoms in total. The average molecular weight is 330 g/mol. The Morgan fingerprint density at radius 2 is 2.00 bits per heavy atom. The van der Waals surface area contributed by atoms with E-state index in [2.05, 4.69) is 14.9 Å². The summed E-state index contributed by atoms with van der Waals surface area (Å²) in [5.74, 6) is -0.177. The highest BCUT2D eigenvalue weighted by atomic mass is 16.4. The minimum Gasteiger partial charge on any atom is -0.478 e. The minimum absolute atomic E-state index is 0.0547. The van der Waals surface area contributed by atoms with Gasteiger partial charge in [-0.3, -0.25) is 9.78 Å². The number of aromatic carboxylic acids is 1. The maximum absolute atomic E-state index is 12.5. The van der Waals surface area contributed by atoms with Crippen molar-refractivity contribution in [3.05, 3.63) is 41.7 Å². The molecule has 1 aliphatic rings. The van der Waals surface area contributed by atoms with E-state index in [0.717, 1.165) is 5.82 Å². The molecule has 1 fully saturated rings. The summed E-state index contributed by atoms with van der Waals surface area (Å²) < 4.78 is 5.44. The summed E-state index contributed by atoms with van der Waals surface area (Å²) >= 11 is 0. The number of hydrogen-bond donors (Lipinski definition) is 1. The molecule has 3 rings (SSSR count). The summed E-state index contributed by atoms with van der Waals surface area (Å²) in [5.41, 5.74) is 0.0547. The first-order chi connectivity index (χ1) is 11.6. The fourth-order valence-corrected chi connectivity index (χ4v) is 2.73. The lowest BCUT2D eigenvalue weighted by Gasteiger charge is -2.34. The van der Waals surface area contributed by atoms with Crippen molar-refractivity contribution in [3.8, 4) is 0 Å². The van der Waals surface area contributed by atoms with E-state index in [-0.39, 0.29) is 17.2 Å². The van der Waals surface area contributed by atoms with Crippen molar-refractivity contribution < 1.29 is 19.1 Å². The van der Waals surface area contributed by atoms with Crippen molar-refractivity contribution in [1.82, 2.24) is 14.9 Å². The Balaban J connectivity index is 1.68. The van der Waals surface area contributed by atoms with Gasteiger partial charge in [0.05, 0.1) is 6.20 Å². The molecule has 3 heterocycles. The number of nitrogens with zero attached hydrogens (tertiary/aromatic N) is 4. The van der Waals surface area contributed by atoms with Gasteiger partial charge in [0, 0.05) is 51.1 Å². The van der Waals surface area contributed by atoms with Crippen LogP contribution in [0.5, 0.6) is 0 Å². The van der Waals surface area contributed by atoms with Gasteiger partial charge in [-0.25, -0.2) is 9.78 Å². The summed E-state index contributed by atoms with van der Waals surface area (Å²) in [7, 11) is 0. The van der Waals surface area contributed by atoms with Gasteiger partial charge < -0.3 is 19.3 Å². The number of piperazine rings is 1. The molecule has 1 saturated heterocycles. The lowest BCUT2D eigenvalue weighted by molar-refractivity contribution is 0.0690. The molecule has 0 aliphatic carbocycles. The number of aromatic nitrogens is 2. The van der Waals surface area contributed by atoms with Crippen molar-refractivity contribution in [2.24, 2.45) is 0 Å². The normalized spacial score (nSPS) is 14.7. The highest BCUT2D eigenvalue weighted by Crippen LogP contribution is 2.19. The van der Waals surface area contributed by atoms with Crippen LogP contribution in [0.15, 0.2) is 29.1 Å². The molecule has 0 bridgehead atoms. The zero-order valence-corrected chi connectivity index (χ0v) is 13.3. The Bertz CT molecular complexity index is 736. The zero-order chi connectivity index (χ0) is 17.1. The maximum Gasteiger partial charge on any atom is 0.339 e. The predicted molar refractivity (Wildman–Crippen MR) is 85.2 cm³/mol. The molecule has 0 spiro atoms. The van der Waals surface area contributed by atoms with Crippen molar-refractivity contribution in [1.29, 1.82) is 0 Å². The summed E-state index contributed by atoms with van der Waals surface area (Å²) in [5, 5.41) is 9.16. The van der Waals surface area contributed by atoms with Gasteiger partial charge in [-0.05, 0) is 0 Å². The standard InChI is InChI=1S/C16H18N4O4/c1-2-12-11(16(22)23)9-13(24-12)15(21)20-7-5-19(6-8-20)14-10-17-3-4-18-14/h3-4,9-10H,2,5-8H2,1H3,(H,22,23). The summed E-state index contributed by atoms with van der Waals surface area (Å²) in [6.45, 7) is 4.09. The number of hydrogen-bond acceptors (Lipinski definition) is 6. The molecule has 1 amide bonds. The number of carboxylic acids is 1. The van der Waals surface area contributed by atoms with Gasteiger partial charge in [-0.2, -0.15) is 0 Å². The van der Waals surface area contributed by atoms with Crippen LogP contribution in [0.3, 0.4) is 0 Å². The second kappa shape index (κ2) is 6.69. The molecule has 0 unspecified atom stereocenters. The van der Waals surface area contributed by atoms with Crippen molar-refractivity contribution >= 4 is 17.7 Å². The Hall–Kier alpha value is -2.90. The molecule has 0 atom stereocenters. The zero-order valence-electron chi connectivity index (χ0n) is 13.3. The van der Waals surface area contributed by atoms with Crippen LogP contribution in [0.2, 0.25) is 0 Å². The molecule has 8 heteroatoms. The van der Waals surface area contributed by atoms with Crippen molar-refractivity contribution in [2.75, 3.05) is 31.1 Å². The first-order valence-corrected chi connectivity index (χ1v) is 7.76. The van der Waals surface area contributed by atoms with Crippen LogP contribution < -0.4 is 4.90 Å². The molecule has 0 aromatic carbocycles. The lowest BCUT2D eigenvalue weighted by Crippen LogP contribution is -2.49. The Kier molecular flexibility index (Phi) is 4.45. The van der Waals surface area contributed by atoms with Gasteiger partial charge in [-0.15, -0.1) is 0 Å². The number of carboxylic acid groups (broad SMARTS) is 1. The highest BCUT2D eigenvalue weighted by molar-refractivity contribution is 5.96. The van der Waals surface area contributed by atoms with Crippen LogP contribution in [0.25, 0.3) is 0 Å². The number of rotatable bonds is 4. The SMILES string of the molecule is CCc1oc(C(=O)N2CCN(c3cnccn3)CC2)cc1C(=O)O. The Morgan fingerprint density at radius 3 is 2.54 bits per heavy atom. The maximum atomic E-state index is 12.5. The number of carbonyl (C=O) groups excluding carboxylic acids is 1. The first kappa shape index (κ1) is 16.0. The molecule has 24 heavy (non-hydrogen) atoms. The predicted octanol–water partition coefficient (Wildman–Crippen LogP) is 1.29. The summed E-state index contributed by atoms with van der Waals surface area (Å²) in [4.78, 5) is 35.7. The van der Waals surface area contributed by atoms with E-state index in [1.807, 2.05) is 0 Å². The van der Waals surface area contributed by atoms with Crippen LogP contribution in [0, 0.1) is 0 Å². The molecular formula is C16H18N4O4. The van der Waals surface area contributed by atoms with Crippen LogP contribution in [-0.2, 0) is 6.42 Å².